The molecule has 0 N–H and O–H groups in total. The first-order valence-corrected chi connectivity index (χ1v) is 11.5. The van der Waals surface area contributed by atoms with Crippen LogP contribution in [0.4, 0.5) is 0 Å². The number of hydrogen-bond donors (Lipinski definition) is 0. The summed E-state index contributed by atoms with van der Waals surface area (Å²) >= 11 is 0. The van der Waals surface area contributed by atoms with Crippen LogP contribution in [0, 0.1) is 17.2 Å². The van der Waals surface area contributed by atoms with E-state index in [9.17, 15) is 10.1 Å². The Morgan fingerprint density at radius 3 is 2.73 bits per heavy atom. The van der Waals surface area contributed by atoms with E-state index in [1.54, 1.807) is 23.0 Å². The molecule has 0 amide bonds. The SMILES string of the molecule is CCC(CC)COc1nc(Cn2c(=O)n(C3CC3)c3ccncc32)nc2c(C#N)cccc12. The number of hydrogen-bond acceptors (Lipinski definition) is 6. The van der Waals surface area contributed by atoms with Crippen molar-refractivity contribution in [3.05, 3.63) is 58.5 Å². The zero-order valence-electron chi connectivity index (χ0n) is 18.9. The largest absolute Gasteiger partial charge is 0.477 e. The number of nitriles is 1. The van der Waals surface area contributed by atoms with Crippen LogP contribution in [0.15, 0.2) is 41.5 Å². The molecule has 1 saturated carbocycles. The van der Waals surface area contributed by atoms with Gasteiger partial charge in [-0.3, -0.25) is 14.1 Å². The summed E-state index contributed by atoms with van der Waals surface area (Å²) in [6.45, 7) is 5.01. The van der Waals surface area contributed by atoms with Gasteiger partial charge in [0.05, 0.1) is 46.8 Å². The van der Waals surface area contributed by atoms with Crippen molar-refractivity contribution < 1.29 is 4.74 Å². The highest BCUT2D eigenvalue weighted by molar-refractivity contribution is 5.88. The highest BCUT2D eigenvalue weighted by Gasteiger charge is 2.29. The lowest BCUT2D eigenvalue weighted by Gasteiger charge is -2.15. The first-order chi connectivity index (χ1) is 16.1. The number of imidazole rings is 1. The van der Waals surface area contributed by atoms with Crippen LogP contribution in [0.3, 0.4) is 0 Å². The second kappa shape index (κ2) is 8.66. The molecule has 3 heterocycles. The number of pyridine rings is 1. The highest BCUT2D eigenvalue weighted by atomic mass is 16.5. The molecule has 8 nitrogen and oxygen atoms in total. The molecule has 1 fully saturated rings. The van der Waals surface area contributed by atoms with Gasteiger partial charge in [-0.1, -0.05) is 32.8 Å². The van der Waals surface area contributed by atoms with Gasteiger partial charge in [0.1, 0.15) is 6.07 Å². The predicted octanol–water partition coefficient (Wildman–Crippen LogP) is 4.21. The van der Waals surface area contributed by atoms with Crippen LogP contribution in [-0.4, -0.2) is 30.7 Å². The molecule has 168 valence electrons. The molecule has 1 aliphatic carbocycles. The smallest absolute Gasteiger partial charge is 0.329 e. The van der Waals surface area contributed by atoms with Gasteiger partial charge in [-0.2, -0.15) is 10.2 Å². The molecule has 4 aromatic rings. The van der Waals surface area contributed by atoms with Gasteiger partial charge in [0.15, 0.2) is 5.82 Å². The van der Waals surface area contributed by atoms with Crippen molar-refractivity contribution in [2.45, 2.75) is 52.1 Å². The molecule has 1 aromatic carbocycles. The maximum atomic E-state index is 13.3. The monoisotopic (exact) mass is 442 g/mol. The Labute approximate surface area is 191 Å². The molecular weight excluding hydrogens is 416 g/mol. The Morgan fingerprint density at radius 1 is 1.18 bits per heavy atom. The summed E-state index contributed by atoms with van der Waals surface area (Å²) < 4.78 is 9.67. The number of benzene rings is 1. The molecule has 0 saturated heterocycles. The van der Waals surface area contributed by atoms with Crippen LogP contribution in [0.5, 0.6) is 5.88 Å². The summed E-state index contributed by atoms with van der Waals surface area (Å²) in [5, 5.41) is 10.3. The molecule has 1 aliphatic rings. The standard InChI is InChI=1S/C25H26N6O2/c1-3-16(4-2)15-33-24-19-7-5-6-17(12-26)23(19)28-22(29-24)14-30-21-13-27-11-10-20(21)31(25(30)32)18-8-9-18/h5-7,10-11,13,16,18H,3-4,8-9,14-15H2,1-2H3. The first-order valence-electron chi connectivity index (χ1n) is 11.5. The van der Waals surface area contributed by atoms with Crippen molar-refractivity contribution in [3.8, 4) is 11.9 Å². The summed E-state index contributed by atoms with van der Waals surface area (Å²) in [6.07, 6.45) is 7.46. The minimum absolute atomic E-state index is 0.0859. The average Bonchev–Trinajstić information content (AvgIpc) is 3.64. The summed E-state index contributed by atoms with van der Waals surface area (Å²) in [6, 6.07) is 9.76. The van der Waals surface area contributed by atoms with E-state index in [2.05, 4.69) is 29.9 Å². The Balaban J connectivity index is 1.61. The average molecular weight is 443 g/mol. The van der Waals surface area contributed by atoms with Gasteiger partial charge < -0.3 is 4.74 Å². The van der Waals surface area contributed by atoms with Gasteiger partial charge in [0, 0.05) is 12.2 Å². The molecule has 0 bridgehead atoms. The maximum Gasteiger partial charge on any atom is 0.329 e. The minimum Gasteiger partial charge on any atom is -0.477 e. The Hall–Kier alpha value is -3.73. The van der Waals surface area contributed by atoms with E-state index in [4.69, 9.17) is 9.72 Å². The molecule has 5 rings (SSSR count). The minimum atomic E-state index is -0.0859. The lowest BCUT2D eigenvalue weighted by molar-refractivity contribution is 0.234. The second-order valence-corrected chi connectivity index (χ2v) is 8.59. The van der Waals surface area contributed by atoms with Crippen LogP contribution in [-0.2, 0) is 6.54 Å². The number of rotatable bonds is 8. The number of para-hydroxylation sites is 1. The summed E-state index contributed by atoms with van der Waals surface area (Å²) in [5.41, 5.74) is 2.55. The molecule has 33 heavy (non-hydrogen) atoms. The molecule has 0 radical (unpaired) electrons. The van der Waals surface area contributed by atoms with Gasteiger partial charge in [-0.25, -0.2) is 9.78 Å². The lowest BCUT2D eigenvalue weighted by Crippen LogP contribution is -2.25. The predicted molar refractivity (Wildman–Crippen MR) is 125 cm³/mol. The molecule has 3 aromatic heterocycles. The fourth-order valence-electron chi connectivity index (χ4n) is 4.27. The third-order valence-corrected chi connectivity index (χ3v) is 6.45. The van der Waals surface area contributed by atoms with Crippen LogP contribution in [0.1, 0.15) is 57.0 Å². The van der Waals surface area contributed by atoms with E-state index < -0.39 is 0 Å². The Morgan fingerprint density at radius 2 is 2.00 bits per heavy atom. The zero-order valence-corrected chi connectivity index (χ0v) is 18.9. The van der Waals surface area contributed by atoms with Crippen LogP contribution >= 0.6 is 0 Å². The van der Waals surface area contributed by atoms with Crippen LogP contribution < -0.4 is 10.4 Å². The van der Waals surface area contributed by atoms with Crippen molar-refractivity contribution in [1.29, 1.82) is 5.26 Å². The molecule has 0 aliphatic heterocycles. The number of aromatic nitrogens is 5. The van der Waals surface area contributed by atoms with Crippen LogP contribution in [0.25, 0.3) is 21.9 Å². The van der Waals surface area contributed by atoms with E-state index in [0.29, 0.717) is 40.7 Å². The first kappa shape index (κ1) is 21.1. The van der Waals surface area contributed by atoms with Gasteiger partial charge in [-0.05, 0) is 37.0 Å². The lowest BCUT2D eigenvalue weighted by atomic mass is 10.1. The van der Waals surface area contributed by atoms with Crippen molar-refractivity contribution in [2.24, 2.45) is 5.92 Å². The molecule has 0 atom stereocenters. The van der Waals surface area contributed by atoms with E-state index in [1.165, 1.54) is 0 Å². The maximum absolute atomic E-state index is 13.3. The third-order valence-electron chi connectivity index (χ3n) is 6.45. The van der Waals surface area contributed by atoms with Crippen LogP contribution in [0.2, 0.25) is 0 Å². The van der Waals surface area contributed by atoms with E-state index in [1.807, 2.05) is 22.8 Å². The Bertz CT molecular complexity index is 1420. The number of fused-ring (bicyclic) bond motifs is 2. The fourth-order valence-corrected chi connectivity index (χ4v) is 4.27. The van der Waals surface area contributed by atoms with Gasteiger partial charge in [-0.15, -0.1) is 0 Å². The summed E-state index contributed by atoms with van der Waals surface area (Å²) in [5.74, 6) is 1.31. The molecule has 8 heteroatoms. The van der Waals surface area contributed by atoms with E-state index in [0.717, 1.165) is 36.7 Å². The quantitative estimate of drug-likeness (QED) is 0.405. The van der Waals surface area contributed by atoms with Gasteiger partial charge in [0.25, 0.3) is 0 Å². The molecule has 0 spiro atoms. The normalized spacial score (nSPS) is 13.6. The second-order valence-electron chi connectivity index (χ2n) is 8.59. The zero-order chi connectivity index (χ0) is 22.9. The van der Waals surface area contributed by atoms with Crippen molar-refractivity contribution >= 4 is 21.9 Å². The van der Waals surface area contributed by atoms with Gasteiger partial charge >= 0.3 is 5.69 Å². The Kier molecular flexibility index (Phi) is 5.55. The van der Waals surface area contributed by atoms with E-state index in [-0.39, 0.29) is 18.3 Å². The van der Waals surface area contributed by atoms with Crippen molar-refractivity contribution in [3.63, 3.8) is 0 Å². The summed E-state index contributed by atoms with van der Waals surface area (Å²) in [7, 11) is 0. The fraction of sp³-hybridized carbons (Fsp3) is 0.400. The number of ether oxygens (including phenoxy) is 1. The topological polar surface area (TPSA) is 98.6 Å². The van der Waals surface area contributed by atoms with Crippen molar-refractivity contribution in [2.75, 3.05) is 6.61 Å². The highest BCUT2D eigenvalue weighted by Crippen LogP contribution is 2.36. The molecular formula is C25H26N6O2. The number of nitrogens with zero attached hydrogens (tertiary/aromatic N) is 6. The van der Waals surface area contributed by atoms with Gasteiger partial charge in [0.2, 0.25) is 5.88 Å². The molecule has 0 unspecified atom stereocenters. The third kappa shape index (κ3) is 3.84. The van der Waals surface area contributed by atoms with Crippen molar-refractivity contribution in [1.82, 2.24) is 24.1 Å². The van der Waals surface area contributed by atoms with E-state index >= 15 is 0 Å². The summed E-state index contributed by atoms with van der Waals surface area (Å²) in [4.78, 5) is 26.9.